The van der Waals surface area contributed by atoms with Gasteiger partial charge in [-0.05, 0) is 25.7 Å². The number of amides is 3. The summed E-state index contributed by atoms with van der Waals surface area (Å²) in [5, 5.41) is 2.52. The minimum atomic E-state index is -0.731. The normalized spacial score (nSPS) is 21.6. The second kappa shape index (κ2) is 6.03. The molecule has 1 aliphatic heterocycles. The lowest BCUT2D eigenvalue weighted by molar-refractivity contribution is -0.128. The van der Waals surface area contributed by atoms with Crippen LogP contribution < -0.4 is 5.32 Å². The highest BCUT2D eigenvalue weighted by Gasteiger charge is 2.49. The van der Waals surface area contributed by atoms with Crippen LogP contribution in [-0.4, -0.2) is 35.2 Å². The van der Waals surface area contributed by atoms with Crippen LogP contribution >= 0.6 is 0 Å². The van der Waals surface area contributed by atoms with Crippen LogP contribution in [0, 0.1) is 10.8 Å². The first-order valence-corrected chi connectivity index (χ1v) is 7.72. The molecule has 0 aliphatic carbocycles. The fourth-order valence-electron chi connectivity index (χ4n) is 2.61. The monoisotopic (exact) mass is 310 g/mol. The topological polar surface area (TPSA) is 58.6 Å². The maximum absolute atomic E-state index is 12.7. The van der Waals surface area contributed by atoms with Crippen LogP contribution in [-0.2, 0) is 9.53 Å². The van der Waals surface area contributed by atoms with Crippen molar-refractivity contribution in [1.29, 1.82) is 0 Å². The van der Waals surface area contributed by atoms with Gasteiger partial charge in [0.1, 0.15) is 5.72 Å². The Hall–Kier alpha value is -1.36. The second-order valence-electron chi connectivity index (χ2n) is 8.15. The van der Waals surface area contributed by atoms with E-state index in [4.69, 9.17) is 4.74 Å². The number of allylic oxidation sites excluding steroid dienone is 1. The quantitative estimate of drug-likeness (QED) is 0.814. The minimum absolute atomic E-state index is 0.0854. The van der Waals surface area contributed by atoms with Gasteiger partial charge in [-0.3, -0.25) is 15.0 Å². The Kier molecular flexibility index (Phi) is 5.12. The standard InChI is InChI=1S/C17H30N2O3/c1-9-10-16(5,6)13(20)18-14(21)19-12(15(2,3)4)11-22-17(19,7)8/h9,12H,1,10-11H2,2-8H3,(H,18,20,21)/t12-/m1/s1. The second-order valence-corrected chi connectivity index (χ2v) is 8.15. The van der Waals surface area contributed by atoms with Crippen molar-refractivity contribution in [1.82, 2.24) is 10.2 Å². The van der Waals surface area contributed by atoms with Crippen molar-refractivity contribution in [2.45, 2.75) is 66.7 Å². The molecule has 1 heterocycles. The number of ether oxygens (including phenoxy) is 1. The molecular weight excluding hydrogens is 280 g/mol. The number of nitrogens with one attached hydrogen (secondary N) is 1. The average Bonchev–Trinajstić information content (AvgIpc) is 2.64. The van der Waals surface area contributed by atoms with E-state index < -0.39 is 17.2 Å². The summed E-state index contributed by atoms with van der Waals surface area (Å²) in [6, 6.07) is -0.484. The molecule has 0 bridgehead atoms. The lowest BCUT2D eigenvalue weighted by Gasteiger charge is -2.39. The number of rotatable bonds is 3. The van der Waals surface area contributed by atoms with Gasteiger partial charge in [0, 0.05) is 5.41 Å². The highest BCUT2D eigenvalue weighted by atomic mass is 16.5. The molecule has 1 saturated heterocycles. The van der Waals surface area contributed by atoms with E-state index in [1.807, 2.05) is 13.8 Å². The average molecular weight is 310 g/mol. The fourth-order valence-corrected chi connectivity index (χ4v) is 2.61. The minimum Gasteiger partial charge on any atom is -0.354 e. The first-order chi connectivity index (χ1) is 9.83. The molecule has 0 aromatic rings. The maximum atomic E-state index is 12.7. The zero-order chi connectivity index (χ0) is 17.3. The molecule has 22 heavy (non-hydrogen) atoms. The summed E-state index contributed by atoms with van der Waals surface area (Å²) in [5.41, 5.74) is -1.53. The third kappa shape index (κ3) is 3.88. The predicted octanol–water partition coefficient (Wildman–Crippen LogP) is 3.31. The molecule has 0 unspecified atom stereocenters. The number of carbonyl (C=O) groups excluding carboxylic acids is 2. The lowest BCUT2D eigenvalue weighted by Crippen LogP contribution is -2.57. The van der Waals surface area contributed by atoms with Crippen molar-refractivity contribution in [3.8, 4) is 0 Å². The van der Waals surface area contributed by atoms with E-state index in [9.17, 15) is 9.59 Å². The van der Waals surface area contributed by atoms with Gasteiger partial charge in [0.05, 0.1) is 12.6 Å². The Labute approximate surface area is 134 Å². The predicted molar refractivity (Wildman–Crippen MR) is 87.2 cm³/mol. The van der Waals surface area contributed by atoms with Crippen molar-refractivity contribution >= 4 is 11.9 Å². The zero-order valence-corrected chi connectivity index (χ0v) is 14.9. The Morgan fingerprint density at radius 2 is 1.86 bits per heavy atom. The summed E-state index contributed by atoms with van der Waals surface area (Å²) in [6.45, 7) is 17.6. The third-order valence-electron chi connectivity index (χ3n) is 4.19. The van der Waals surface area contributed by atoms with Crippen molar-refractivity contribution < 1.29 is 14.3 Å². The van der Waals surface area contributed by atoms with E-state index >= 15 is 0 Å². The van der Waals surface area contributed by atoms with Crippen LogP contribution in [0.25, 0.3) is 0 Å². The summed E-state index contributed by atoms with van der Waals surface area (Å²) >= 11 is 0. The largest absolute Gasteiger partial charge is 0.354 e. The van der Waals surface area contributed by atoms with Gasteiger partial charge in [0.2, 0.25) is 5.91 Å². The molecule has 126 valence electrons. The van der Waals surface area contributed by atoms with Gasteiger partial charge >= 0.3 is 6.03 Å². The van der Waals surface area contributed by atoms with Gasteiger partial charge in [-0.25, -0.2) is 4.79 Å². The Balaban J connectivity index is 2.94. The molecule has 1 rings (SSSR count). The van der Waals surface area contributed by atoms with E-state index in [-0.39, 0.29) is 17.4 Å². The van der Waals surface area contributed by atoms with Crippen LogP contribution in [0.15, 0.2) is 12.7 Å². The number of hydrogen-bond donors (Lipinski definition) is 1. The molecule has 1 N–H and O–H groups in total. The van der Waals surface area contributed by atoms with Crippen LogP contribution in [0.1, 0.15) is 54.9 Å². The van der Waals surface area contributed by atoms with Gasteiger partial charge in [0.25, 0.3) is 0 Å². The van der Waals surface area contributed by atoms with E-state index in [0.717, 1.165) is 0 Å². The van der Waals surface area contributed by atoms with E-state index in [1.165, 1.54) is 0 Å². The van der Waals surface area contributed by atoms with Crippen molar-refractivity contribution in [3.05, 3.63) is 12.7 Å². The van der Waals surface area contributed by atoms with Crippen molar-refractivity contribution in [2.24, 2.45) is 10.8 Å². The molecule has 3 amide bonds. The van der Waals surface area contributed by atoms with E-state index in [2.05, 4.69) is 32.7 Å². The molecule has 1 fully saturated rings. The number of imide groups is 1. The molecule has 0 aromatic carbocycles. The Morgan fingerprint density at radius 1 is 1.32 bits per heavy atom. The summed E-state index contributed by atoms with van der Waals surface area (Å²) < 4.78 is 5.77. The first kappa shape index (κ1) is 18.7. The highest BCUT2D eigenvalue weighted by molar-refractivity contribution is 5.97. The van der Waals surface area contributed by atoms with E-state index in [1.54, 1.807) is 24.8 Å². The van der Waals surface area contributed by atoms with Gasteiger partial charge in [-0.1, -0.05) is 40.7 Å². The smallest absolute Gasteiger partial charge is 0.326 e. The van der Waals surface area contributed by atoms with Gasteiger partial charge < -0.3 is 4.74 Å². The molecule has 5 heteroatoms. The van der Waals surface area contributed by atoms with Crippen LogP contribution in [0.5, 0.6) is 0 Å². The molecule has 1 atom stereocenters. The molecule has 1 aliphatic rings. The molecular formula is C17H30N2O3. The summed E-state index contributed by atoms with van der Waals surface area (Å²) in [7, 11) is 0. The molecule has 0 saturated carbocycles. The van der Waals surface area contributed by atoms with Crippen LogP contribution in [0.3, 0.4) is 0 Å². The molecule has 0 radical (unpaired) electrons. The number of carbonyl (C=O) groups is 2. The van der Waals surface area contributed by atoms with Crippen LogP contribution in [0.4, 0.5) is 4.79 Å². The number of nitrogens with zero attached hydrogens (tertiary/aromatic N) is 1. The molecule has 0 spiro atoms. The third-order valence-corrected chi connectivity index (χ3v) is 4.19. The summed E-state index contributed by atoms with van der Waals surface area (Å²) in [4.78, 5) is 26.7. The van der Waals surface area contributed by atoms with Crippen molar-refractivity contribution in [3.63, 3.8) is 0 Å². The van der Waals surface area contributed by atoms with Gasteiger partial charge in [0.15, 0.2) is 0 Å². The Bertz CT molecular complexity index is 461. The van der Waals surface area contributed by atoms with E-state index in [0.29, 0.717) is 13.0 Å². The maximum Gasteiger partial charge on any atom is 0.326 e. The first-order valence-electron chi connectivity index (χ1n) is 7.72. The molecule has 0 aromatic heterocycles. The number of hydrogen-bond acceptors (Lipinski definition) is 3. The SMILES string of the molecule is C=CCC(C)(C)C(=O)NC(=O)N1[C@@H](C(C)(C)C)COC1(C)C. The van der Waals surface area contributed by atoms with Crippen molar-refractivity contribution in [2.75, 3.05) is 6.61 Å². The number of urea groups is 1. The lowest BCUT2D eigenvalue weighted by atomic mass is 9.86. The molecule has 5 nitrogen and oxygen atoms in total. The summed E-state index contributed by atoms with van der Waals surface area (Å²) in [6.07, 6.45) is 2.19. The Morgan fingerprint density at radius 3 is 2.32 bits per heavy atom. The fraction of sp³-hybridized carbons (Fsp3) is 0.765. The highest BCUT2D eigenvalue weighted by Crippen LogP contribution is 2.36. The van der Waals surface area contributed by atoms with Crippen LogP contribution in [0.2, 0.25) is 0 Å². The van der Waals surface area contributed by atoms with Gasteiger partial charge in [-0.15, -0.1) is 6.58 Å². The van der Waals surface area contributed by atoms with Gasteiger partial charge in [-0.2, -0.15) is 0 Å². The summed E-state index contributed by atoms with van der Waals surface area (Å²) in [5.74, 6) is -0.298. The zero-order valence-electron chi connectivity index (χ0n) is 14.9.